The largest absolute Gasteiger partial charge is 0.394 e. The topological polar surface area (TPSA) is 340 Å². The zero-order valence-electron chi connectivity index (χ0n) is 21.9. The van der Waals surface area contributed by atoms with Crippen LogP contribution < -0.4 is 28.3 Å². The van der Waals surface area contributed by atoms with Gasteiger partial charge in [0.1, 0.15) is 66.5 Å². The van der Waals surface area contributed by atoms with E-state index < -0.39 is 116 Å². The molecule has 19 nitrogen and oxygen atoms in total. The molecular weight excluding hydrogens is 542 g/mol. The first-order valence-corrected chi connectivity index (χ1v) is 12.5. The average Bonchev–Trinajstić information content (AvgIpc) is 3.13. The number of rotatable bonds is 9. The molecule has 1 aliphatic carbocycles. The number of likely N-dealkylation sites (N-methyl/N-ethyl adjacent to an activating group) is 1. The van der Waals surface area contributed by atoms with E-state index in [9.17, 15) is 40.9 Å². The first-order chi connectivity index (χ1) is 18.7. The summed E-state index contributed by atoms with van der Waals surface area (Å²) in [6.45, 7) is -0.199. The van der Waals surface area contributed by atoms with Crippen LogP contribution in [-0.4, -0.2) is 164 Å². The van der Waals surface area contributed by atoms with Crippen molar-refractivity contribution in [2.24, 2.45) is 32.9 Å². The predicted octanol–water partition coefficient (Wildman–Crippen LogP) is -8.37. The van der Waals surface area contributed by atoms with Crippen LogP contribution in [0, 0.1) is 0 Å². The monoisotopic (exact) mass is 583 g/mol. The van der Waals surface area contributed by atoms with Crippen molar-refractivity contribution in [2.45, 2.75) is 98.2 Å². The zero-order valence-corrected chi connectivity index (χ0v) is 21.9. The van der Waals surface area contributed by atoms with Gasteiger partial charge in [-0.25, -0.2) is 9.98 Å². The minimum atomic E-state index is -2.15. The lowest BCUT2D eigenvalue weighted by atomic mass is 9.81. The maximum Gasteiger partial charge on any atom is 0.187 e. The quantitative estimate of drug-likeness (QED) is 0.0884. The molecule has 3 rings (SSSR count). The summed E-state index contributed by atoms with van der Waals surface area (Å²) in [6.07, 6.45) is -16.9. The summed E-state index contributed by atoms with van der Waals surface area (Å²) < 4.78 is 23.2. The summed E-state index contributed by atoms with van der Waals surface area (Å²) in [5, 5.41) is 87.0. The van der Waals surface area contributed by atoms with Gasteiger partial charge in [0.05, 0.1) is 25.4 Å². The van der Waals surface area contributed by atoms with Crippen molar-refractivity contribution in [2.75, 3.05) is 20.3 Å². The van der Waals surface area contributed by atoms with E-state index in [4.69, 9.17) is 41.9 Å². The molecule has 0 bridgehead atoms. The van der Waals surface area contributed by atoms with Gasteiger partial charge in [0.25, 0.3) is 0 Å². The van der Waals surface area contributed by atoms with Gasteiger partial charge in [0.15, 0.2) is 24.5 Å². The molecule has 0 radical (unpaired) electrons. The Morgan fingerprint density at radius 2 is 1.43 bits per heavy atom. The molecule has 0 aromatic carbocycles. The molecule has 0 spiro atoms. The van der Waals surface area contributed by atoms with E-state index in [1.54, 1.807) is 0 Å². The summed E-state index contributed by atoms with van der Waals surface area (Å²) in [5.74, 6) is -1.01. The van der Waals surface area contributed by atoms with Gasteiger partial charge in [-0.15, -0.1) is 0 Å². The van der Waals surface area contributed by atoms with Crippen molar-refractivity contribution in [1.82, 2.24) is 5.32 Å². The zero-order chi connectivity index (χ0) is 30.1. The molecule has 2 saturated heterocycles. The number of nitrogens with one attached hydrogen (secondary N) is 1. The molecule has 15 atom stereocenters. The second-order valence-electron chi connectivity index (χ2n) is 10.0. The van der Waals surface area contributed by atoms with Crippen LogP contribution in [0.3, 0.4) is 0 Å². The fourth-order valence-corrected chi connectivity index (χ4v) is 5.17. The highest BCUT2D eigenvalue weighted by Gasteiger charge is 2.60. The lowest BCUT2D eigenvalue weighted by molar-refractivity contribution is -0.317. The highest BCUT2D eigenvalue weighted by atomic mass is 16.8. The van der Waals surface area contributed by atoms with Crippen molar-refractivity contribution >= 4 is 11.9 Å². The number of nitrogens with two attached hydrogens (primary N) is 4. The minimum Gasteiger partial charge on any atom is -0.394 e. The SMILES string of the molecule is CN[C@@H]1C(O[C@@H]2[C@H](O[C@@H]3C(O)[C@@H](O)C(N=C(N)N)C(O)[C@@H]3N=C(N)N)O[C@@H](C)C2(O)CO)O[C@@H](CO)[C@@H](O)C1O. The van der Waals surface area contributed by atoms with Crippen LogP contribution in [0.25, 0.3) is 0 Å². The van der Waals surface area contributed by atoms with Crippen LogP contribution in [0.5, 0.6) is 0 Å². The van der Waals surface area contributed by atoms with Crippen molar-refractivity contribution in [3.05, 3.63) is 0 Å². The molecule has 40 heavy (non-hydrogen) atoms. The third-order valence-electron chi connectivity index (χ3n) is 7.49. The minimum absolute atomic E-state index is 0.493. The first-order valence-electron chi connectivity index (χ1n) is 12.5. The van der Waals surface area contributed by atoms with Gasteiger partial charge in [-0.2, -0.15) is 0 Å². The van der Waals surface area contributed by atoms with Gasteiger partial charge in [-0.3, -0.25) is 0 Å². The van der Waals surface area contributed by atoms with E-state index in [0.29, 0.717) is 0 Å². The number of guanidine groups is 2. The number of hydrogen-bond acceptors (Lipinski definition) is 15. The molecule has 3 aliphatic rings. The number of aliphatic imine (C=N–C) groups is 2. The Morgan fingerprint density at radius 3 is 1.95 bits per heavy atom. The van der Waals surface area contributed by atoms with Gasteiger partial charge in [-0.05, 0) is 14.0 Å². The van der Waals surface area contributed by atoms with E-state index in [1.807, 2.05) is 0 Å². The van der Waals surface area contributed by atoms with E-state index in [0.717, 1.165) is 0 Å². The van der Waals surface area contributed by atoms with Crippen LogP contribution in [0.2, 0.25) is 0 Å². The molecule has 17 N–H and O–H groups in total. The maximum atomic E-state index is 11.3. The highest BCUT2D eigenvalue weighted by molar-refractivity contribution is 5.76. The number of hydrogen-bond donors (Lipinski definition) is 13. The molecule has 3 fully saturated rings. The lowest BCUT2D eigenvalue weighted by Crippen LogP contribution is -2.66. The van der Waals surface area contributed by atoms with Crippen LogP contribution in [-0.2, 0) is 18.9 Å². The molecule has 2 heterocycles. The van der Waals surface area contributed by atoms with Crippen molar-refractivity contribution in [1.29, 1.82) is 0 Å². The Kier molecular flexibility index (Phi) is 10.5. The van der Waals surface area contributed by atoms with Crippen molar-refractivity contribution < 1.29 is 59.8 Å². The van der Waals surface area contributed by atoms with E-state index in [1.165, 1.54) is 14.0 Å². The number of aliphatic hydroxyl groups excluding tert-OH is 7. The summed E-state index contributed by atoms with van der Waals surface area (Å²) >= 11 is 0. The van der Waals surface area contributed by atoms with Gasteiger partial charge < -0.3 is 88.1 Å². The van der Waals surface area contributed by atoms with Gasteiger partial charge in [-0.1, -0.05) is 0 Å². The highest BCUT2D eigenvalue weighted by Crippen LogP contribution is 2.39. The Bertz CT molecular complexity index is 911. The summed E-state index contributed by atoms with van der Waals surface area (Å²) in [4.78, 5) is 7.66. The standard InChI is InChI=1S/C21H41N7O12/c1-5-21(36,4-30)16(40-17-9(26-2)13(34)10(31)6(3-29)38-17)18(37-5)39-15-8(28-20(24)25)11(32)7(27-19(22)23)12(33)14(15)35/h5-18,26,29-36H,3-4H2,1-2H3,(H4,22,23,27)(H4,24,25,28)/t5-,6-,7?,8-,9-,10+,11?,12-,13?,14?,15-,16+,17?,18-,21?/m0/s1. The van der Waals surface area contributed by atoms with Gasteiger partial charge in [0.2, 0.25) is 0 Å². The Balaban J connectivity index is 1.96. The smallest absolute Gasteiger partial charge is 0.187 e. The maximum absolute atomic E-state index is 11.3. The first kappa shape index (κ1) is 32.5. The molecule has 6 unspecified atom stereocenters. The molecule has 2 aliphatic heterocycles. The lowest BCUT2D eigenvalue weighted by Gasteiger charge is -2.45. The molecule has 232 valence electrons. The average molecular weight is 584 g/mol. The summed E-state index contributed by atoms with van der Waals surface area (Å²) in [7, 11) is 1.44. The Morgan fingerprint density at radius 1 is 0.825 bits per heavy atom. The van der Waals surface area contributed by atoms with E-state index in [2.05, 4.69) is 15.3 Å². The van der Waals surface area contributed by atoms with Crippen LogP contribution >= 0.6 is 0 Å². The molecule has 0 aromatic heterocycles. The van der Waals surface area contributed by atoms with E-state index >= 15 is 0 Å². The van der Waals surface area contributed by atoms with Crippen LogP contribution in [0.4, 0.5) is 0 Å². The number of nitrogens with zero attached hydrogens (tertiary/aromatic N) is 2. The fourth-order valence-electron chi connectivity index (χ4n) is 5.17. The normalized spacial score (nSPS) is 47.5. The molecule has 1 saturated carbocycles. The second-order valence-corrected chi connectivity index (χ2v) is 10.0. The third-order valence-corrected chi connectivity index (χ3v) is 7.49. The predicted molar refractivity (Wildman–Crippen MR) is 134 cm³/mol. The van der Waals surface area contributed by atoms with Crippen molar-refractivity contribution in [3.63, 3.8) is 0 Å². The Labute approximate surface area is 229 Å². The summed E-state index contributed by atoms with van der Waals surface area (Å²) in [6, 6.07) is -4.00. The van der Waals surface area contributed by atoms with Gasteiger partial charge >= 0.3 is 0 Å². The fraction of sp³-hybridized carbons (Fsp3) is 0.905. The number of ether oxygens (including phenoxy) is 4. The molecule has 19 heteroatoms. The van der Waals surface area contributed by atoms with E-state index in [-0.39, 0.29) is 0 Å². The Hall–Kier alpha value is -1.98. The van der Waals surface area contributed by atoms with Crippen LogP contribution in [0.15, 0.2) is 9.98 Å². The third kappa shape index (κ3) is 6.11. The molecular formula is C21H41N7O12. The van der Waals surface area contributed by atoms with Crippen LogP contribution in [0.1, 0.15) is 6.92 Å². The van der Waals surface area contributed by atoms with Gasteiger partial charge in [0, 0.05) is 0 Å². The molecule has 0 amide bonds. The van der Waals surface area contributed by atoms with Crippen molar-refractivity contribution in [3.8, 4) is 0 Å². The molecule has 0 aromatic rings. The number of aliphatic hydroxyl groups is 8. The summed E-state index contributed by atoms with van der Waals surface area (Å²) in [5.41, 5.74) is 19.7. The second kappa shape index (κ2) is 12.9.